The molecule has 1 aromatic carbocycles. The Balaban J connectivity index is 2.12. The van der Waals surface area contributed by atoms with Crippen LogP contribution >= 0.6 is 23.2 Å². The zero-order valence-electron chi connectivity index (χ0n) is 9.54. The Bertz CT molecular complexity index is 378. The summed E-state index contributed by atoms with van der Waals surface area (Å²) in [4.78, 5) is 0. The van der Waals surface area contributed by atoms with Gasteiger partial charge in [0.2, 0.25) is 0 Å². The summed E-state index contributed by atoms with van der Waals surface area (Å²) in [6.45, 7) is 4.30. The van der Waals surface area contributed by atoms with Crippen LogP contribution in [0.4, 0.5) is 0 Å². The molecular weight excluding hydrogens is 243 g/mol. The zero-order valence-corrected chi connectivity index (χ0v) is 11.1. The first-order chi connectivity index (χ1) is 7.61. The molecule has 0 aliphatic carbocycles. The first-order valence-electron chi connectivity index (χ1n) is 5.72. The van der Waals surface area contributed by atoms with Gasteiger partial charge >= 0.3 is 0 Å². The first-order valence-corrected chi connectivity index (χ1v) is 6.47. The molecule has 0 radical (unpaired) electrons. The van der Waals surface area contributed by atoms with E-state index in [-0.39, 0.29) is 0 Å². The van der Waals surface area contributed by atoms with Gasteiger partial charge in [0.05, 0.1) is 12.2 Å². The van der Waals surface area contributed by atoms with Gasteiger partial charge in [-0.3, -0.25) is 0 Å². The molecule has 1 heterocycles. The van der Waals surface area contributed by atoms with Gasteiger partial charge in [0, 0.05) is 10.0 Å². The minimum absolute atomic E-state index is 0.414. The lowest BCUT2D eigenvalue weighted by Gasteiger charge is -2.15. The monoisotopic (exact) mass is 258 g/mol. The van der Waals surface area contributed by atoms with E-state index in [2.05, 4.69) is 13.8 Å². The topological polar surface area (TPSA) is 12.5 Å². The summed E-state index contributed by atoms with van der Waals surface area (Å²) in [7, 11) is 0. The Morgan fingerprint density at radius 2 is 2.06 bits per heavy atom. The summed E-state index contributed by atoms with van der Waals surface area (Å²) in [5.41, 5.74) is 1.19. The Kier molecular flexibility index (Phi) is 3.78. The lowest BCUT2D eigenvalue weighted by atomic mass is 9.91. The van der Waals surface area contributed by atoms with E-state index < -0.39 is 0 Å². The van der Waals surface area contributed by atoms with Crippen LogP contribution in [0, 0.1) is 0 Å². The molecule has 0 N–H and O–H groups in total. The molecule has 0 bridgehead atoms. The highest BCUT2D eigenvalue weighted by molar-refractivity contribution is 6.35. The largest absolute Gasteiger partial charge is 0.370 e. The highest BCUT2D eigenvalue weighted by Crippen LogP contribution is 2.37. The minimum atomic E-state index is 0.414. The summed E-state index contributed by atoms with van der Waals surface area (Å²) < 4.78 is 5.47. The van der Waals surface area contributed by atoms with Crippen molar-refractivity contribution in [1.82, 2.24) is 0 Å². The van der Waals surface area contributed by atoms with Crippen molar-refractivity contribution in [2.75, 3.05) is 0 Å². The third-order valence-electron chi connectivity index (χ3n) is 3.25. The molecule has 1 aliphatic rings. The average Bonchev–Trinajstić information content (AvgIpc) is 2.92. The number of halogens is 2. The van der Waals surface area contributed by atoms with Crippen LogP contribution in [0.3, 0.4) is 0 Å². The fourth-order valence-electron chi connectivity index (χ4n) is 2.10. The van der Waals surface area contributed by atoms with Crippen LogP contribution in [0.15, 0.2) is 18.2 Å². The molecule has 1 nitrogen and oxygen atoms in total. The normalized spacial score (nSPS) is 25.5. The highest BCUT2D eigenvalue weighted by Gasteiger charge is 2.36. The molecule has 0 saturated carbocycles. The van der Waals surface area contributed by atoms with Crippen molar-refractivity contribution < 1.29 is 4.74 Å². The van der Waals surface area contributed by atoms with Crippen LogP contribution in [0.1, 0.15) is 38.2 Å². The van der Waals surface area contributed by atoms with Gasteiger partial charge in [-0.25, -0.2) is 0 Å². The van der Waals surface area contributed by atoms with Gasteiger partial charge in [-0.15, -0.1) is 0 Å². The summed E-state index contributed by atoms with van der Waals surface area (Å²) in [5, 5.41) is 1.47. The van der Waals surface area contributed by atoms with Gasteiger partial charge in [-0.1, -0.05) is 36.2 Å². The minimum Gasteiger partial charge on any atom is -0.370 e. The van der Waals surface area contributed by atoms with Gasteiger partial charge in [0.15, 0.2) is 0 Å². The maximum Gasteiger partial charge on any atom is 0.0844 e. The summed E-state index contributed by atoms with van der Waals surface area (Å²) in [6, 6.07) is 5.76. The van der Waals surface area contributed by atoms with Gasteiger partial charge in [-0.05, 0) is 43.4 Å². The van der Waals surface area contributed by atoms with E-state index in [9.17, 15) is 0 Å². The molecule has 1 fully saturated rings. The second-order valence-corrected chi connectivity index (χ2v) is 5.23. The predicted octanol–water partition coefficient (Wildman–Crippen LogP) is 4.66. The number of rotatable bonds is 4. The average molecular weight is 259 g/mol. The van der Waals surface area contributed by atoms with Crippen molar-refractivity contribution in [3.8, 4) is 0 Å². The molecule has 16 heavy (non-hydrogen) atoms. The Morgan fingerprint density at radius 1 is 1.38 bits per heavy atom. The van der Waals surface area contributed by atoms with Crippen LogP contribution in [-0.4, -0.2) is 12.2 Å². The van der Waals surface area contributed by atoms with Crippen LogP contribution in [0.25, 0.3) is 0 Å². The lowest BCUT2D eigenvalue weighted by molar-refractivity contribution is 0.357. The molecule has 3 unspecified atom stereocenters. The van der Waals surface area contributed by atoms with Crippen molar-refractivity contribution >= 4 is 23.2 Å². The second kappa shape index (κ2) is 4.95. The predicted molar refractivity (Wildman–Crippen MR) is 68.4 cm³/mol. The highest BCUT2D eigenvalue weighted by atomic mass is 35.5. The van der Waals surface area contributed by atoms with E-state index in [1.807, 2.05) is 18.2 Å². The Hall–Kier alpha value is -0.240. The Morgan fingerprint density at radius 3 is 2.56 bits per heavy atom. The molecule has 3 atom stereocenters. The molecule has 3 heteroatoms. The summed E-state index contributed by atoms with van der Waals surface area (Å²) >= 11 is 12.1. The third kappa shape index (κ3) is 2.71. The molecule has 0 amide bonds. The van der Waals surface area contributed by atoms with Crippen LogP contribution in [0.5, 0.6) is 0 Å². The number of epoxide rings is 1. The van der Waals surface area contributed by atoms with E-state index in [0.717, 1.165) is 17.9 Å². The fourth-order valence-corrected chi connectivity index (χ4v) is 2.67. The van der Waals surface area contributed by atoms with Crippen LogP contribution < -0.4 is 0 Å². The van der Waals surface area contributed by atoms with Gasteiger partial charge in [0.25, 0.3) is 0 Å². The van der Waals surface area contributed by atoms with E-state index in [4.69, 9.17) is 27.9 Å². The van der Waals surface area contributed by atoms with E-state index in [0.29, 0.717) is 23.1 Å². The number of hydrogen-bond acceptors (Lipinski definition) is 1. The van der Waals surface area contributed by atoms with Crippen molar-refractivity contribution in [1.29, 1.82) is 0 Å². The van der Waals surface area contributed by atoms with E-state index >= 15 is 0 Å². The number of benzene rings is 1. The molecule has 1 aromatic rings. The smallest absolute Gasteiger partial charge is 0.0844 e. The SMILES string of the molecule is CCC(CC1OC1C)c1ccc(Cl)cc1Cl. The maximum absolute atomic E-state index is 6.22. The molecule has 1 aliphatic heterocycles. The third-order valence-corrected chi connectivity index (χ3v) is 3.81. The van der Waals surface area contributed by atoms with Crippen molar-refractivity contribution in [3.05, 3.63) is 33.8 Å². The first kappa shape index (κ1) is 12.2. The van der Waals surface area contributed by atoms with Crippen molar-refractivity contribution in [3.63, 3.8) is 0 Å². The Labute approximate surface area is 107 Å². The molecule has 2 rings (SSSR count). The van der Waals surface area contributed by atoms with Gasteiger partial charge < -0.3 is 4.74 Å². The van der Waals surface area contributed by atoms with Gasteiger partial charge in [0.1, 0.15) is 0 Å². The zero-order chi connectivity index (χ0) is 11.7. The van der Waals surface area contributed by atoms with Gasteiger partial charge in [-0.2, -0.15) is 0 Å². The summed E-state index contributed by atoms with van der Waals surface area (Å²) in [6.07, 6.45) is 2.96. The molecule has 0 aromatic heterocycles. The van der Waals surface area contributed by atoms with E-state index in [1.165, 1.54) is 5.56 Å². The maximum atomic E-state index is 6.22. The van der Waals surface area contributed by atoms with E-state index in [1.54, 1.807) is 0 Å². The standard InChI is InChI=1S/C13H16Cl2O/c1-3-9(6-13-8(2)16-13)11-5-4-10(14)7-12(11)15/h4-5,7-9,13H,3,6H2,1-2H3. The molecule has 0 spiro atoms. The molecular formula is C13H16Cl2O. The second-order valence-electron chi connectivity index (χ2n) is 4.39. The molecule has 1 saturated heterocycles. The lowest BCUT2D eigenvalue weighted by Crippen LogP contribution is -2.03. The fraction of sp³-hybridized carbons (Fsp3) is 0.538. The molecule has 88 valence electrons. The quantitative estimate of drug-likeness (QED) is 0.716. The van der Waals surface area contributed by atoms with Crippen LogP contribution in [-0.2, 0) is 4.74 Å². The summed E-state index contributed by atoms with van der Waals surface area (Å²) in [5.74, 6) is 0.472. The number of ether oxygens (including phenoxy) is 1. The van der Waals surface area contributed by atoms with Crippen molar-refractivity contribution in [2.45, 2.75) is 44.8 Å². The van der Waals surface area contributed by atoms with Crippen LogP contribution in [0.2, 0.25) is 10.0 Å². The van der Waals surface area contributed by atoms with Crippen molar-refractivity contribution in [2.24, 2.45) is 0 Å². The number of hydrogen-bond donors (Lipinski definition) is 0.